The zero-order chi connectivity index (χ0) is 22.5. The van der Waals surface area contributed by atoms with Crippen molar-refractivity contribution in [2.75, 3.05) is 31.1 Å². The number of carbonyl (C=O) groups is 1. The fraction of sp³-hybridized carbons (Fsp3) is 0.536. The Morgan fingerprint density at radius 3 is 2.50 bits per heavy atom. The van der Waals surface area contributed by atoms with Gasteiger partial charge in [-0.05, 0) is 81.8 Å². The smallest absolute Gasteiger partial charge is 0.223 e. The quantitative estimate of drug-likeness (QED) is 0.670. The van der Waals surface area contributed by atoms with Crippen molar-refractivity contribution in [3.63, 3.8) is 0 Å². The molecule has 2 aliphatic rings. The Morgan fingerprint density at radius 2 is 1.81 bits per heavy atom. The molecule has 32 heavy (non-hydrogen) atoms. The third-order valence-electron chi connectivity index (χ3n) is 7.22. The highest BCUT2D eigenvalue weighted by atomic mass is 16.1. The minimum Gasteiger partial charge on any atom is -0.371 e. The van der Waals surface area contributed by atoms with Crippen LogP contribution in [0.1, 0.15) is 62.3 Å². The average molecular weight is 434 g/mol. The first-order chi connectivity index (χ1) is 15.5. The molecule has 2 fully saturated rings. The van der Waals surface area contributed by atoms with Crippen LogP contribution in [0.3, 0.4) is 0 Å². The summed E-state index contributed by atoms with van der Waals surface area (Å²) in [5.74, 6) is 1.10. The van der Waals surface area contributed by atoms with Gasteiger partial charge in [-0.3, -0.25) is 9.69 Å². The standard InChI is InChI=1S/C28H39N3O/c1-21-6-4-8-24(18-21)20-30-16-13-26(14-17-30)28(32)29-23(3)25-9-11-27(12-10-25)31-15-5-7-22(2)19-31/h4,6,8-12,18,22-23,26H,5,7,13-17,19-20H2,1-3H3,(H,29,32)/t22-,23+/m1/s1. The zero-order valence-electron chi connectivity index (χ0n) is 20.0. The van der Waals surface area contributed by atoms with E-state index in [1.54, 1.807) is 0 Å². The van der Waals surface area contributed by atoms with Gasteiger partial charge in [-0.25, -0.2) is 0 Å². The van der Waals surface area contributed by atoms with Crippen LogP contribution in [0, 0.1) is 18.8 Å². The van der Waals surface area contributed by atoms with Gasteiger partial charge in [-0.1, -0.05) is 48.9 Å². The van der Waals surface area contributed by atoms with Crippen molar-refractivity contribution in [2.45, 2.75) is 59.0 Å². The molecule has 4 nitrogen and oxygen atoms in total. The third kappa shape index (κ3) is 5.92. The predicted molar refractivity (Wildman–Crippen MR) is 133 cm³/mol. The van der Waals surface area contributed by atoms with Crippen molar-refractivity contribution >= 4 is 11.6 Å². The predicted octanol–water partition coefficient (Wildman–Crippen LogP) is 5.32. The van der Waals surface area contributed by atoms with Gasteiger partial charge in [0.25, 0.3) is 0 Å². The van der Waals surface area contributed by atoms with Crippen LogP contribution in [-0.4, -0.2) is 37.0 Å². The number of benzene rings is 2. The maximum Gasteiger partial charge on any atom is 0.223 e. The van der Waals surface area contributed by atoms with Crippen LogP contribution in [0.4, 0.5) is 5.69 Å². The summed E-state index contributed by atoms with van der Waals surface area (Å²) in [6.45, 7) is 11.8. The molecule has 0 bridgehead atoms. The van der Waals surface area contributed by atoms with Crippen molar-refractivity contribution in [1.29, 1.82) is 0 Å². The van der Waals surface area contributed by atoms with Crippen LogP contribution >= 0.6 is 0 Å². The number of nitrogens with zero attached hydrogens (tertiary/aromatic N) is 2. The summed E-state index contributed by atoms with van der Waals surface area (Å²) in [4.78, 5) is 17.9. The Kier molecular flexibility index (Phi) is 7.51. The van der Waals surface area contributed by atoms with Crippen LogP contribution in [0.25, 0.3) is 0 Å². The highest BCUT2D eigenvalue weighted by Gasteiger charge is 2.26. The lowest BCUT2D eigenvalue weighted by Gasteiger charge is -2.33. The van der Waals surface area contributed by atoms with Gasteiger partial charge >= 0.3 is 0 Å². The summed E-state index contributed by atoms with van der Waals surface area (Å²) in [5, 5.41) is 3.27. The number of nitrogens with one attached hydrogen (secondary N) is 1. The zero-order valence-corrected chi connectivity index (χ0v) is 20.0. The van der Waals surface area contributed by atoms with Crippen LogP contribution in [0.5, 0.6) is 0 Å². The van der Waals surface area contributed by atoms with E-state index in [0.29, 0.717) is 0 Å². The molecule has 2 atom stereocenters. The Labute approximate surface area is 194 Å². The van der Waals surface area contributed by atoms with E-state index in [4.69, 9.17) is 0 Å². The van der Waals surface area contributed by atoms with E-state index < -0.39 is 0 Å². The lowest BCUT2D eigenvalue weighted by molar-refractivity contribution is -0.127. The second-order valence-corrected chi connectivity index (χ2v) is 10.1. The monoisotopic (exact) mass is 433 g/mol. The van der Waals surface area contributed by atoms with Crippen LogP contribution in [-0.2, 0) is 11.3 Å². The maximum atomic E-state index is 12.9. The molecule has 2 aromatic rings. The first-order valence-electron chi connectivity index (χ1n) is 12.4. The van der Waals surface area contributed by atoms with E-state index in [1.807, 2.05) is 0 Å². The summed E-state index contributed by atoms with van der Waals surface area (Å²) in [6, 6.07) is 17.6. The number of rotatable bonds is 6. The normalized spacial score (nSPS) is 21.3. The minimum atomic E-state index is 0.0437. The molecule has 0 radical (unpaired) electrons. The van der Waals surface area contributed by atoms with Crippen molar-refractivity contribution in [3.05, 3.63) is 65.2 Å². The lowest BCUT2D eigenvalue weighted by atomic mass is 9.94. The fourth-order valence-corrected chi connectivity index (χ4v) is 5.23. The van der Waals surface area contributed by atoms with Crippen molar-refractivity contribution in [1.82, 2.24) is 10.2 Å². The van der Waals surface area contributed by atoms with Crippen LogP contribution in [0.15, 0.2) is 48.5 Å². The Hall–Kier alpha value is -2.33. The number of hydrogen-bond donors (Lipinski definition) is 1. The molecular formula is C28H39N3O. The second kappa shape index (κ2) is 10.5. The SMILES string of the molecule is Cc1cccc(CN2CCC(C(=O)N[C@@H](C)c3ccc(N4CCC[C@@H](C)C4)cc3)CC2)c1. The van der Waals surface area contributed by atoms with E-state index in [-0.39, 0.29) is 17.9 Å². The van der Waals surface area contributed by atoms with Gasteiger partial charge in [0.15, 0.2) is 0 Å². The van der Waals surface area contributed by atoms with E-state index in [2.05, 4.69) is 84.4 Å². The minimum absolute atomic E-state index is 0.0437. The summed E-state index contributed by atoms with van der Waals surface area (Å²) < 4.78 is 0. The number of amides is 1. The average Bonchev–Trinajstić information content (AvgIpc) is 2.79. The largest absolute Gasteiger partial charge is 0.371 e. The van der Waals surface area contributed by atoms with E-state index >= 15 is 0 Å². The number of piperidine rings is 2. The van der Waals surface area contributed by atoms with Gasteiger partial charge < -0.3 is 10.2 Å². The summed E-state index contributed by atoms with van der Waals surface area (Å²) in [5.41, 5.74) is 5.16. The molecule has 4 heteroatoms. The van der Waals surface area contributed by atoms with E-state index in [1.165, 1.54) is 35.2 Å². The van der Waals surface area contributed by atoms with Gasteiger partial charge in [0.2, 0.25) is 5.91 Å². The van der Waals surface area contributed by atoms with Gasteiger partial charge in [-0.15, -0.1) is 0 Å². The van der Waals surface area contributed by atoms with E-state index in [9.17, 15) is 4.79 Å². The Morgan fingerprint density at radius 1 is 1.06 bits per heavy atom. The molecule has 0 saturated carbocycles. The number of hydrogen-bond acceptors (Lipinski definition) is 3. The highest BCUT2D eigenvalue weighted by molar-refractivity contribution is 5.79. The fourth-order valence-electron chi connectivity index (χ4n) is 5.23. The molecule has 1 N–H and O–H groups in total. The number of aryl methyl sites for hydroxylation is 1. The molecule has 4 rings (SSSR count). The summed E-state index contributed by atoms with van der Waals surface area (Å²) >= 11 is 0. The van der Waals surface area contributed by atoms with Gasteiger partial charge in [0, 0.05) is 31.2 Å². The van der Waals surface area contributed by atoms with Crippen LogP contribution in [0.2, 0.25) is 0 Å². The topological polar surface area (TPSA) is 35.6 Å². The lowest BCUT2D eigenvalue weighted by Crippen LogP contribution is -2.40. The van der Waals surface area contributed by atoms with Gasteiger partial charge in [0.05, 0.1) is 6.04 Å². The molecule has 0 spiro atoms. The molecule has 1 amide bonds. The molecule has 2 heterocycles. The Bertz CT molecular complexity index is 886. The Balaban J connectivity index is 1.25. The van der Waals surface area contributed by atoms with Crippen molar-refractivity contribution in [2.24, 2.45) is 11.8 Å². The first-order valence-corrected chi connectivity index (χ1v) is 12.4. The molecule has 2 aromatic carbocycles. The van der Waals surface area contributed by atoms with Crippen LogP contribution < -0.4 is 10.2 Å². The number of anilines is 1. The van der Waals surface area contributed by atoms with Crippen molar-refractivity contribution in [3.8, 4) is 0 Å². The maximum absolute atomic E-state index is 12.9. The van der Waals surface area contributed by atoms with Gasteiger partial charge in [0.1, 0.15) is 0 Å². The number of likely N-dealkylation sites (tertiary alicyclic amines) is 1. The summed E-state index contributed by atoms with van der Waals surface area (Å²) in [6.07, 6.45) is 4.49. The second-order valence-electron chi connectivity index (χ2n) is 10.1. The molecule has 0 aliphatic carbocycles. The highest BCUT2D eigenvalue weighted by Crippen LogP contribution is 2.25. The first kappa shape index (κ1) is 22.8. The third-order valence-corrected chi connectivity index (χ3v) is 7.22. The molecule has 0 aromatic heterocycles. The molecule has 2 aliphatic heterocycles. The van der Waals surface area contributed by atoms with E-state index in [0.717, 1.165) is 51.5 Å². The molecule has 0 unspecified atom stereocenters. The summed E-state index contributed by atoms with van der Waals surface area (Å²) in [7, 11) is 0. The molecule has 172 valence electrons. The van der Waals surface area contributed by atoms with Crippen molar-refractivity contribution < 1.29 is 4.79 Å². The molecule has 2 saturated heterocycles. The van der Waals surface area contributed by atoms with Gasteiger partial charge in [-0.2, -0.15) is 0 Å². The molecular weight excluding hydrogens is 394 g/mol. The number of carbonyl (C=O) groups excluding carboxylic acids is 1.